The van der Waals surface area contributed by atoms with Crippen molar-refractivity contribution in [3.8, 4) is 5.75 Å². The zero-order valence-corrected chi connectivity index (χ0v) is 15.0. The summed E-state index contributed by atoms with van der Waals surface area (Å²) in [6.07, 6.45) is 6.56. The quantitative estimate of drug-likeness (QED) is 0.310. The second kappa shape index (κ2) is 10.3. The average Bonchev–Trinajstić information content (AvgIpc) is 2.56. The summed E-state index contributed by atoms with van der Waals surface area (Å²) in [4.78, 5) is 11.9. The fourth-order valence-corrected chi connectivity index (χ4v) is 2.54. The highest BCUT2D eigenvalue weighted by Crippen LogP contribution is 2.30. The molecule has 0 aliphatic carbocycles. The third-order valence-electron chi connectivity index (χ3n) is 3.33. The lowest BCUT2D eigenvalue weighted by molar-refractivity contribution is -0.107. The minimum Gasteiger partial charge on any atom is -0.497 e. The highest BCUT2D eigenvalue weighted by atomic mass is 35.5. The minimum absolute atomic E-state index is 0.262. The van der Waals surface area contributed by atoms with Gasteiger partial charge >= 0.3 is 0 Å². The van der Waals surface area contributed by atoms with Crippen LogP contribution in [-0.4, -0.2) is 24.8 Å². The van der Waals surface area contributed by atoms with Crippen molar-refractivity contribution in [2.45, 2.75) is 26.2 Å². The number of hydrogen-bond donors (Lipinski definition) is 1. The molecule has 3 nitrogen and oxygen atoms in total. The van der Waals surface area contributed by atoms with E-state index in [1.54, 1.807) is 13.2 Å². The van der Waals surface area contributed by atoms with Crippen LogP contribution in [0.3, 0.4) is 0 Å². The normalized spacial score (nSPS) is 12.2. The van der Waals surface area contributed by atoms with Gasteiger partial charge in [0.15, 0.2) is 0 Å². The van der Waals surface area contributed by atoms with Gasteiger partial charge in [0.25, 0.3) is 0 Å². The van der Waals surface area contributed by atoms with E-state index in [0.717, 1.165) is 40.7 Å². The maximum atomic E-state index is 11.1. The Bertz CT molecular complexity index is 623. The molecule has 1 aromatic carbocycles. The molecule has 0 aliphatic rings. The number of aldehydes is 1. The Labute approximate surface area is 148 Å². The maximum absolute atomic E-state index is 11.1. The van der Waals surface area contributed by atoms with E-state index in [0.29, 0.717) is 17.3 Å². The van der Waals surface area contributed by atoms with E-state index < -0.39 is 0 Å². The lowest BCUT2D eigenvalue weighted by atomic mass is 9.98. The lowest BCUT2D eigenvalue weighted by Gasteiger charge is -2.11. The summed E-state index contributed by atoms with van der Waals surface area (Å²) >= 11 is 11.8. The molecule has 0 saturated heterocycles. The first kappa shape index (κ1) is 19.6. The smallest absolute Gasteiger partial charge is 0.124 e. The Hall–Kier alpha value is -1.49. The zero-order chi connectivity index (χ0) is 17.2. The topological polar surface area (TPSA) is 52.3 Å². The number of carbonyl (C=O) groups is 1. The fourth-order valence-electron chi connectivity index (χ4n) is 2.10. The highest BCUT2D eigenvalue weighted by molar-refractivity contribution is 7.80. The number of nitrogens with two attached hydrogens (primary N) is 1. The van der Waals surface area contributed by atoms with Crippen molar-refractivity contribution in [1.29, 1.82) is 0 Å². The van der Waals surface area contributed by atoms with Gasteiger partial charge in [0.1, 0.15) is 12.0 Å². The first-order valence-corrected chi connectivity index (χ1v) is 8.27. The minimum atomic E-state index is 0.262. The Morgan fingerprint density at radius 2 is 2.17 bits per heavy atom. The van der Waals surface area contributed by atoms with E-state index in [1.165, 1.54) is 0 Å². The number of methoxy groups -OCH3 is 1. The van der Waals surface area contributed by atoms with E-state index in [1.807, 2.05) is 31.2 Å². The van der Waals surface area contributed by atoms with Gasteiger partial charge in [0.2, 0.25) is 0 Å². The van der Waals surface area contributed by atoms with E-state index in [9.17, 15) is 4.79 Å². The molecular formula is C18H22ClNO2S. The van der Waals surface area contributed by atoms with Gasteiger partial charge in [-0.1, -0.05) is 36.8 Å². The number of halogens is 1. The van der Waals surface area contributed by atoms with Gasteiger partial charge in [-0.2, -0.15) is 0 Å². The first-order valence-electron chi connectivity index (χ1n) is 7.48. The number of ether oxygens (including phenoxy) is 1. The zero-order valence-electron chi connectivity index (χ0n) is 13.5. The van der Waals surface area contributed by atoms with Crippen LogP contribution in [0.15, 0.2) is 35.9 Å². The van der Waals surface area contributed by atoms with Crippen LogP contribution in [0.25, 0.3) is 5.57 Å². The van der Waals surface area contributed by atoms with Crippen LogP contribution in [0.4, 0.5) is 0 Å². The molecule has 0 spiro atoms. The maximum Gasteiger partial charge on any atom is 0.124 e. The molecule has 0 atom stereocenters. The van der Waals surface area contributed by atoms with Gasteiger partial charge in [-0.3, -0.25) is 0 Å². The molecule has 2 N–H and O–H groups in total. The molecule has 124 valence electrons. The second-order valence-electron chi connectivity index (χ2n) is 4.90. The van der Waals surface area contributed by atoms with Crippen LogP contribution in [-0.2, 0) is 4.79 Å². The molecular weight excluding hydrogens is 330 g/mol. The van der Waals surface area contributed by atoms with Crippen LogP contribution in [0.1, 0.15) is 31.7 Å². The van der Waals surface area contributed by atoms with Gasteiger partial charge in [0.05, 0.1) is 12.1 Å². The largest absolute Gasteiger partial charge is 0.497 e. The molecule has 0 heterocycles. The molecule has 1 rings (SSSR count). The Kier molecular flexibility index (Phi) is 8.77. The van der Waals surface area contributed by atoms with Crippen molar-refractivity contribution in [3.63, 3.8) is 0 Å². The Morgan fingerprint density at radius 3 is 2.70 bits per heavy atom. The Morgan fingerprint density at radius 1 is 1.43 bits per heavy atom. The van der Waals surface area contributed by atoms with E-state index in [4.69, 9.17) is 34.3 Å². The standard InChI is InChI=1S/C18H22ClNO2S/c1-3-18(23)14(5-4-9-20)11-13(8-10-21)16-7-6-15(22-2)12-17(16)19/h5-7,10-12H,3-4,8-9,20H2,1-2H3/b13-11+,14-5?. The summed E-state index contributed by atoms with van der Waals surface area (Å²) in [6, 6.07) is 5.41. The molecule has 0 radical (unpaired) electrons. The van der Waals surface area contributed by atoms with Crippen molar-refractivity contribution in [1.82, 2.24) is 0 Å². The molecule has 0 bridgehead atoms. The monoisotopic (exact) mass is 351 g/mol. The van der Waals surface area contributed by atoms with Crippen molar-refractivity contribution in [2.75, 3.05) is 13.7 Å². The molecule has 0 aromatic heterocycles. The first-order chi connectivity index (χ1) is 11.1. The van der Waals surface area contributed by atoms with Crippen LogP contribution >= 0.6 is 23.8 Å². The predicted molar refractivity (Wildman–Crippen MR) is 101 cm³/mol. The summed E-state index contributed by atoms with van der Waals surface area (Å²) in [5, 5.41) is 0.540. The van der Waals surface area contributed by atoms with E-state index in [2.05, 4.69) is 0 Å². The number of benzene rings is 1. The van der Waals surface area contributed by atoms with E-state index in [-0.39, 0.29) is 6.42 Å². The number of carbonyl (C=O) groups excluding carboxylic acids is 1. The third-order valence-corrected chi connectivity index (χ3v) is 4.17. The lowest BCUT2D eigenvalue weighted by Crippen LogP contribution is -2.01. The van der Waals surface area contributed by atoms with Gasteiger partial charge in [-0.05, 0) is 60.4 Å². The van der Waals surface area contributed by atoms with Crippen molar-refractivity contribution in [2.24, 2.45) is 5.73 Å². The molecule has 0 amide bonds. The van der Waals surface area contributed by atoms with Crippen LogP contribution in [0.2, 0.25) is 5.02 Å². The highest BCUT2D eigenvalue weighted by Gasteiger charge is 2.10. The molecule has 23 heavy (non-hydrogen) atoms. The summed E-state index contributed by atoms with van der Waals surface area (Å²) in [5.74, 6) is 0.673. The molecule has 0 fully saturated rings. The third kappa shape index (κ3) is 5.90. The molecule has 0 unspecified atom stereocenters. The number of hydrogen-bond acceptors (Lipinski definition) is 4. The van der Waals surface area contributed by atoms with Crippen molar-refractivity contribution in [3.05, 3.63) is 46.5 Å². The summed E-state index contributed by atoms with van der Waals surface area (Å²) in [5.41, 5.74) is 8.13. The second-order valence-corrected chi connectivity index (χ2v) is 5.80. The van der Waals surface area contributed by atoms with Crippen LogP contribution in [0.5, 0.6) is 5.75 Å². The fraction of sp³-hybridized carbons (Fsp3) is 0.333. The van der Waals surface area contributed by atoms with Gasteiger partial charge < -0.3 is 15.3 Å². The number of allylic oxidation sites excluding steroid dienone is 3. The molecule has 1 aromatic rings. The van der Waals surface area contributed by atoms with E-state index >= 15 is 0 Å². The predicted octanol–water partition coefficient (Wildman–Crippen LogP) is 4.38. The van der Waals surface area contributed by atoms with Crippen LogP contribution < -0.4 is 10.5 Å². The molecule has 0 saturated carbocycles. The van der Waals surface area contributed by atoms with Crippen molar-refractivity contribution >= 4 is 40.5 Å². The van der Waals surface area contributed by atoms with Crippen LogP contribution in [0, 0.1) is 0 Å². The number of rotatable bonds is 9. The van der Waals surface area contributed by atoms with Gasteiger partial charge in [-0.25, -0.2) is 0 Å². The summed E-state index contributed by atoms with van der Waals surface area (Å²) in [6.45, 7) is 2.56. The molecule has 0 aliphatic heterocycles. The SMILES string of the molecule is CCC(=S)C(=CCCN)/C=C(\CC=O)c1ccc(OC)cc1Cl. The molecule has 5 heteroatoms. The average molecular weight is 352 g/mol. The Balaban J connectivity index is 3.32. The summed E-state index contributed by atoms with van der Waals surface area (Å²) < 4.78 is 5.16. The van der Waals surface area contributed by atoms with Gasteiger partial charge in [0, 0.05) is 11.3 Å². The van der Waals surface area contributed by atoms with Crippen molar-refractivity contribution < 1.29 is 9.53 Å². The summed E-state index contributed by atoms with van der Waals surface area (Å²) in [7, 11) is 1.58. The number of thiocarbonyl (C=S) groups is 1. The van der Waals surface area contributed by atoms with Gasteiger partial charge in [-0.15, -0.1) is 0 Å².